The van der Waals surface area contributed by atoms with E-state index in [2.05, 4.69) is 15.3 Å². The number of nitrogens with one attached hydrogen (secondary N) is 1. The third-order valence-corrected chi connectivity index (χ3v) is 4.21. The second kappa shape index (κ2) is 6.58. The van der Waals surface area contributed by atoms with Crippen molar-refractivity contribution in [2.45, 2.75) is 12.5 Å². The largest absolute Gasteiger partial charge is 0.473 e. The summed E-state index contributed by atoms with van der Waals surface area (Å²) in [6.45, 7) is 0. The fourth-order valence-corrected chi connectivity index (χ4v) is 3.11. The average molecular weight is 301 g/mol. The Balaban J connectivity index is 1.68. The summed E-state index contributed by atoms with van der Waals surface area (Å²) in [6, 6.07) is 8.69. The second-order valence-electron chi connectivity index (χ2n) is 4.66. The van der Waals surface area contributed by atoms with Crippen LogP contribution < -0.4 is 10.1 Å². The minimum absolute atomic E-state index is 0.191. The van der Waals surface area contributed by atoms with Gasteiger partial charge in [-0.3, -0.25) is 4.79 Å². The van der Waals surface area contributed by atoms with Gasteiger partial charge in [-0.1, -0.05) is 6.07 Å². The predicted molar refractivity (Wildman–Crippen MR) is 82.8 cm³/mol. The van der Waals surface area contributed by atoms with Gasteiger partial charge in [-0.25, -0.2) is 9.97 Å². The number of amides is 1. The number of carbonyl (C=O) groups is 1. The predicted octanol–water partition coefficient (Wildman–Crippen LogP) is 2.61. The van der Waals surface area contributed by atoms with Gasteiger partial charge in [-0.15, -0.1) is 0 Å². The molecule has 21 heavy (non-hydrogen) atoms. The van der Waals surface area contributed by atoms with E-state index in [-0.39, 0.29) is 12.0 Å². The molecule has 1 aliphatic rings. The average Bonchev–Trinajstić information content (AvgIpc) is 3.01. The summed E-state index contributed by atoms with van der Waals surface area (Å²) in [5, 5.41) is 2.74. The number of ether oxygens (including phenoxy) is 1. The van der Waals surface area contributed by atoms with E-state index in [1.807, 2.05) is 17.8 Å². The van der Waals surface area contributed by atoms with Crippen LogP contribution in [0, 0.1) is 0 Å². The van der Waals surface area contributed by atoms with Crippen LogP contribution >= 0.6 is 11.8 Å². The highest BCUT2D eigenvalue weighted by Crippen LogP contribution is 2.22. The number of hydrogen-bond donors (Lipinski definition) is 1. The zero-order valence-electron chi connectivity index (χ0n) is 11.4. The van der Waals surface area contributed by atoms with Gasteiger partial charge in [-0.05, 0) is 30.4 Å². The van der Waals surface area contributed by atoms with E-state index >= 15 is 0 Å². The quantitative estimate of drug-likeness (QED) is 0.940. The Kier molecular flexibility index (Phi) is 4.35. The number of anilines is 1. The van der Waals surface area contributed by atoms with Crippen LogP contribution in [0.25, 0.3) is 0 Å². The summed E-state index contributed by atoms with van der Waals surface area (Å²) in [5.74, 6) is 2.89. The molecule has 2 aromatic heterocycles. The molecule has 3 heterocycles. The van der Waals surface area contributed by atoms with Crippen LogP contribution in [0.4, 0.5) is 5.82 Å². The van der Waals surface area contributed by atoms with Gasteiger partial charge in [0.05, 0.1) is 0 Å². The Hall–Kier alpha value is -2.08. The molecule has 1 aliphatic heterocycles. The topological polar surface area (TPSA) is 64.1 Å². The molecule has 6 heteroatoms. The molecular weight excluding hydrogens is 286 g/mol. The Labute approximate surface area is 127 Å². The summed E-state index contributed by atoms with van der Waals surface area (Å²) in [7, 11) is 0. The first kappa shape index (κ1) is 13.9. The molecule has 0 aliphatic carbocycles. The Morgan fingerprint density at radius 1 is 1.29 bits per heavy atom. The van der Waals surface area contributed by atoms with Crippen molar-refractivity contribution >= 4 is 23.5 Å². The fraction of sp³-hybridized carbons (Fsp3) is 0.267. The first-order chi connectivity index (χ1) is 10.3. The maximum Gasteiger partial charge on any atom is 0.257 e. The van der Waals surface area contributed by atoms with Crippen molar-refractivity contribution < 1.29 is 9.53 Å². The molecule has 1 atom stereocenters. The molecule has 3 rings (SSSR count). The highest BCUT2D eigenvalue weighted by atomic mass is 32.2. The lowest BCUT2D eigenvalue weighted by Gasteiger charge is -2.12. The monoisotopic (exact) mass is 301 g/mol. The molecule has 0 radical (unpaired) electrons. The van der Waals surface area contributed by atoms with Crippen LogP contribution in [0.2, 0.25) is 0 Å². The third kappa shape index (κ3) is 3.72. The number of thioether (sulfide) groups is 1. The van der Waals surface area contributed by atoms with Crippen molar-refractivity contribution in [3.8, 4) is 5.88 Å². The lowest BCUT2D eigenvalue weighted by atomic mass is 10.2. The van der Waals surface area contributed by atoms with Gasteiger partial charge in [0.2, 0.25) is 5.88 Å². The third-order valence-electron chi connectivity index (χ3n) is 3.08. The zero-order chi connectivity index (χ0) is 14.5. The van der Waals surface area contributed by atoms with Crippen molar-refractivity contribution in [1.82, 2.24) is 9.97 Å². The summed E-state index contributed by atoms with van der Waals surface area (Å²) >= 11 is 1.87. The fourth-order valence-electron chi connectivity index (χ4n) is 2.02. The van der Waals surface area contributed by atoms with E-state index in [1.54, 1.807) is 36.7 Å². The van der Waals surface area contributed by atoms with E-state index in [1.165, 1.54) is 0 Å². The van der Waals surface area contributed by atoms with Crippen molar-refractivity contribution in [2.24, 2.45) is 0 Å². The molecular formula is C15H15N3O2S. The molecule has 0 saturated carbocycles. The van der Waals surface area contributed by atoms with Gasteiger partial charge in [0.1, 0.15) is 11.9 Å². The Morgan fingerprint density at radius 3 is 3.00 bits per heavy atom. The molecule has 1 fully saturated rings. The van der Waals surface area contributed by atoms with E-state index in [0.29, 0.717) is 17.3 Å². The molecule has 1 saturated heterocycles. The molecule has 0 bridgehead atoms. The minimum atomic E-state index is -0.221. The van der Waals surface area contributed by atoms with Crippen molar-refractivity contribution in [2.75, 3.05) is 16.8 Å². The Morgan fingerprint density at radius 2 is 2.24 bits per heavy atom. The van der Waals surface area contributed by atoms with Crippen LogP contribution in [0.1, 0.15) is 16.8 Å². The molecule has 0 unspecified atom stereocenters. The minimum Gasteiger partial charge on any atom is -0.473 e. The molecule has 0 spiro atoms. The van der Waals surface area contributed by atoms with Gasteiger partial charge in [0.15, 0.2) is 0 Å². The van der Waals surface area contributed by atoms with Crippen molar-refractivity contribution in [1.29, 1.82) is 0 Å². The van der Waals surface area contributed by atoms with Gasteiger partial charge in [0.25, 0.3) is 5.91 Å². The van der Waals surface area contributed by atoms with Gasteiger partial charge in [-0.2, -0.15) is 11.8 Å². The summed E-state index contributed by atoms with van der Waals surface area (Å²) in [4.78, 5) is 20.4. The number of hydrogen-bond acceptors (Lipinski definition) is 5. The summed E-state index contributed by atoms with van der Waals surface area (Å²) in [6.07, 6.45) is 4.44. The van der Waals surface area contributed by atoms with Crippen LogP contribution in [0.3, 0.4) is 0 Å². The lowest BCUT2D eigenvalue weighted by molar-refractivity contribution is 0.102. The van der Waals surface area contributed by atoms with Gasteiger partial charge >= 0.3 is 0 Å². The van der Waals surface area contributed by atoms with Gasteiger partial charge < -0.3 is 10.1 Å². The highest BCUT2D eigenvalue weighted by molar-refractivity contribution is 7.99. The molecule has 1 amide bonds. The van der Waals surface area contributed by atoms with Crippen LogP contribution in [-0.4, -0.2) is 33.5 Å². The van der Waals surface area contributed by atoms with Crippen LogP contribution in [0.15, 0.2) is 42.7 Å². The first-order valence-corrected chi connectivity index (χ1v) is 7.89. The first-order valence-electron chi connectivity index (χ1n) is 6.74. The smallest absolute Gasteiger partial charge is 0.257 e. The van der Waals surface area contributed by atoms with E-state index in [0.717, 1.165) is 17.9 Å². The number of aromatic nitrogens is 2. The highest BCUT2D eigenvalue weighted by Gasteiger charge is 2.18. The number of rotatable bonds is 4. The van der Waals surface area contributed by atoms with E-state index in [9.17, 15) is 4.79 Å². The van der Waals surface area contributed by atoms with Crippen molar-refractivity contribution in [3.63, 3.8) is 0 Å². The van der Waals surface area contributed by atoms with Crippen LogP contribution in [0.5, 0.6) is 5.88 Å². The normalized spacial score (nSPS) is 17.4. The second-order valence-corrected chi connectivity index (χ2v) is 5.81. The lowest BCUT2D eigenvalue weighted by Crippen LogP contribution is -2.17. The number of nitrogens with zero attached hydrogens (tertiary/aromatic N) is 2. The van der Waals surface area contributed by atoms with Crippen molar-refractivity contribution in [3.05, 3.63) is 48.3 Å². The Bertz CT molecular complexity index is 615. The number of pyridine rings is 2. The van der Waals surface area contributed by atoms with Gasteiger partial charge in [0, 0.05) is 29.8 Å². The van der Waals surface area contributed by atoms with Crippen LogP contribution in [-0.2, 0) is 0 Å². The van der Waals surface area contributed by atoms with E-state index in [4.69, 9.17) is 4.74 Å². The number of carbonyl (C=O) groups excluding carboxylic acids is 1. The maximum absolute atomic E-state index is 12.2. The molecule has 0 aromatic carbocycles. The molecule has 1 N–H and O–H groups in total. The molecule has 108 valence electrons. The SMILES string of the molecule is O=C(Nc1ccccn1)c1ccnc(O[C@@H]2CCSC2)c1. The summed E-state index contributed by atoms with van der Waals surface area (Å²) in [5.41, 5.74) is 0.510. The summed E-state index contributed by atoms with van der Waals surface area (Å²) < 4.78 is 5.79. The zero-order valence-corrected chi connectivity index (χ0v) is 12.2. The molecule has 2 aromatic rings. The maximum atomic E-state index is 12.2. The standard InChI is InChI=1S/C15H15N3O2S/c19-15(18-13-3-1-2-6-16-13)11-4-7-17-14(9-11)20-12-5-8-21-10-12/h1-4,6-7,9,12H,5,8,10H2,(H,16,18,19)/t12-/m1/s1. The molecule has 5 nitrogen and oxygen atoms in total. The van der Waals surface area contributed by atoms with E-state index < -0.39 is 0 Å².